The van der Waals surface area contributed by atoms with Gasteiger partial charge in [-0.05, 0) is 19.1 Å². The zero-order chi connectivity index (χ0) is 14.6. The molecule has 0 spiro atoms. The lowest BCUT2D eigenvalue weighted by molar-refractivity contribution is 0.591. The Morgan fingerprint density at radius 2 is 2.00 bits per heavy atom. The van der Waals surface area contributed by atoms with Gasteiger partial charge >= 0.3 is 0 Å². The van der Waals surface area contributed by atoms with Crippen molar-refractivity contribution in [3.05, 3.63) is 48.0 Å². The highest BCUT2D eigenvalue weighted by Gasteiger charge is 2.08. The lowest BCUT2D eigenvalue weighted by Gasteiger charge is -2.11. The monoisotopic (exact) mass is 294 g/mol. The van der Waals surface area contributed by atoms with E-state index in [0.717, 1.165) is 17.2 Å². The predicted molar refractivity (Wildman–Crippen MR) is 78.0 cm³/mol. The van der Waals surface area contributed by atoms with E-state index in [2.05, 4.69) is 10.3 Å². The molecule has 2 aromatic rings. The molecule has 1 heterocycles. The van der Waals surface area contributed by atoms with Crippen molar-refractivity contribution < 1.29 is 8.42 Å². The van der Waals surface area contributed by atoms with Crippen molar-refractivity contribution in [3.8, 4) is 5.69 Å². The van der Waals surface area contributed by atoms with Gasteiger partial charge in [0.1, 0.15) is 5.82 Å². The molecule has 0 radical (unpaired) electrons. The zero-order valence-electron chi connectivity index (χ0n) is 11.3. The smallest absolute Gasteiger partial charge is 0.210 e. The summed E-state index contributed by atoms with van der Waals surface area (Å²) in [6.45, 7) is 2.78. The molecule has 0 saturated carbocycles. The Balaban J connectivity index is 2.07. The number of nitrogens with zero attached hydrogens (tertiary/aromatic N) is 2. The third-order valence-corrected chi connectivity index (χ3v) is 3.67. The summed E-state index contributed by atoms with van der Waals surface area (Å²) < 4.78 is 23.7. The number of primary sulfonamides is 1. The number of imidazole rings is 1. The van der Waals surface area contributed by atoms with E-state index in [1.54, 1.807) is 6.20 Å². The number of aryl methyl sites for hydroxylation is 1. The first-order valence-corrected chi connectivity index (χ1v) is 7.99. The largest absolute Gasteiger partial charge is 0.310 e. The SMILES string of the molecule is Cc1ncc(CNCCS(N)(=O)=O)n1-c1ccccc1. The second kappa shape index (κ2) is 6.17. The van der Waals surface area contributed by atoms with Crippen molar-refractivity contribution in [1.82, 2.24) is 14.9 Å². The average molecular weight is 294 g/mol. The molecule has 1 aromatic carbocycles. The van der Waals surface area contributed by atoms with Crippen LogP contribution in [0.3, 0.4) is 0 Å². The maximum Gasteiger partial charge on any atom is 0.210 e. The summed E-state index contributed by atoms with van der Waals surface area (Å²) in [5.41, 5.74) is 2.01. The first-order chi connectivity index (χ1) is 9.47. The van der Waals surface area contributed by atoms with Gasteiger partial charge in [0, 0.05) is 18.8 Å². The van der Waals surface area contributed by atoms with Crippen molar-refractivity contribution in [2.75, 3.05) is 12.3 Å². The van der Waals surface area contributed by atoms with Gasteiger partial charge in [-0.1, -0.05) is 18.2 Å². The third kappa shape index (κ3) is 3.89. The van der Waals surface area contributed by atoms with Crippen LogP contribution < -0.4 is 10.5 Å². The highest BCUT2D eigenvalue weighted by Crippen LogP contribution is 2.14. The predicted octanol–water partition coefficient (Wildman–Crippen LogP) is 0.559. The Kier molecular flexibility index (Phi) is 4.53. The quantitative estimate of drug-likeness (QED) is 0.762. The molecule has 0 fully saturated rings. The molecule has 6 nitrogen and oxygen atoms in total. The fourth-order valence-electron chi connectivity index (χ4n) is 1.98. The molecule has 2 rings (SSSR count). The molecule has 0 atom stereocenters. The number of aromatic nitrogens is 2. The van der Waals surface area contributed by atoms with E-state index < -0.39 is 10.0 Å². The van der Waals surface area contributed by atoms with Gasteiger partial charge in [-0.3, -0.25) is 4.57 Å². The zero-order valence-corrected chi connectivity index (χ0v) is 12.1. The minimum atomic E-state index is -3.42. The highest BCUT2D eigenvalue weighted by molar-refractivity contribution is 7.89. The highest BCUT2D eigenvalue weighted by atomic mass is 32.2. The Morgan fingerprint density at radius 3 is 2.65 bits per heavy atom. The molecule has 0 aliphatic rings. The van der Waals surface area contributed by atoms with Crippen molar-refractivity contribution in [1.29, 1.82) is 0 Å². The maximum atomic E-state index is 10.9. The van der Waals surface area contributed by atoms with Gasteiger partial charge in [0.15, 0.2) is 0 Å². The van der Waals surface area contributed by atoms with Crippen LogP contribution in [0.15, 0.2) is 36.5 Å². The second-order valence-electron chi connectivity index (χ2n) is 4.51. The summed E-state index contributed by atoms with van der Waals surface area (Å²) in [4.78, 5) is 4.30. The lowest BCUT2D eigenvalue weighted by Crippen LogP contribution is -2.27. The van der Waals surface area contributed by atoms with Gasteiger partial charge in [0.2, 0.25) is 10.0 Å². The minimum Gasteiger partial charge on any atom is -0.310 e. The summed E-state index contributed by atoms with van der Waals surface area (Å²) >= 11 is 0. The lowest BCUT2D eigenvalue weighted by atomic mass is 10.3. The van der Waals surface area contributed by atoms with Crippen molar-refractivity contribution >= 4 is 10.0 Å². The number of sulfonamides is 1. The number of nitrogens with one attached hydrogen (secondary N) is 1. The molecule has 7 heteroatoms. The molecular weight excluding hydrogens is 276 g/mol. The van der Waals surface area contributed by atoms with E-state index in [-0.39, 0.29) is 5.75 Å². The Bertz CT molecular complexity index is 665. The number of hydrogen-bond acceptors (Lipinski definition) is 4. The number of nitrogens with two attached hydrogens (primary N) is 1. The van der Waals surface area contributed by atoms with E-state index in [4.69, 9.17) is 5.14 Å². The molecule has 0 amide bonds. The van der Waals surface area contributed by atoms with Crippen LogP contribution in [0.1, 0.15) is 11.5 Å². The van der Waals surface area contributed by atoms with Crippen LogP contribution in [0, 0.1) is 6.92 Å². The first-order valence-electron chi connectivity index (χ1n) is 6.27. The first kappa shape index (κ1) is 14.7. The van der Waals surface area contributed by atoms with Crippen LogP contribution in [0.5, 0.6) is 0 Å². The number of rotatable bonds is 6. The minimum absolute atomic E-state index is 0.0779. The van der Waals surface area contributed by atoms with E-state index >= 15 is 0 Å². The summed E-state index contributed by atoms with van der Waals surface area (Å²) in [5.74, 6) is 0.810. The Labute approximate surface area is 118 Å². The van der Waals surface area contributed by atoms with Gasteiger partial charge in [0.25, 0.3) is 0 Å². The Morgan fingerprint density at radius 1 is 1.30 bits per heavy atom. The second-order valence-corrected chi connectivity index (χ2v) is 6.25. The van der Waals surface area contributed by atoms with Gasteiger partial charge < -0.3 is 5.32 Å². The molecule has 0 unspecified atom stereocenters. The van der Waals surface area contributed by atoms with Crippen molar-refractivity contribution in [2.45, 2.75) is 13.5 Å². The maximum absolute atomic E-state index is 10.9. The molecule has 20 heavy (non-hydrogen) atoms. The summed E-state index contributed by atoms with van der Waals surface area (Å²) in [6.07, 6.45) is 1.78. The fourth-order valence-corrected chi connectivity index (χ4v) is 2.41. The van der Waals surface area contributed by atoms with E-state index in [1.807, 2.05) is 41.8 Å². The molecule has 108 valence electrons. The van der Waals surface area contributed by atoms with Crippen LogP contribution in [0.2, 0.25) is 0 Å². The summed E-state index contributed by atoms with van der Waals surface area (Å²) in [5, 5.41) is 8.02. The van der Waals surface area contributed by atoms with Crippen molar-refractivity contribution in [2.24, 2.45) is 5.14 Å². The molecule has 0 aliphatic heterocycles. The summed E-state index contributed by atoms with van der Waals surface area (Å²) in [6, 6.07) is 9.89. The van der Waals surface area contributed by atoms with Crippen LogP contribution in [-0.2, 0) is 16.6 Å². The van der Waals surface area contributed by atoms with Crippen molar-refractivity contribution in [3.63, 3.8) is 0 Å². The van der Waals surface area contributed by atoms with Gasteiger partial charge in [0.05, 0.1) is 17.6 Å². The van der Waals surface area contributed by atoms with Crippen LogP contribution in [0.25, 0.3) is 5.69 Å². The topological polar surface area (TPSA) is 90.0 Å². The van der Waals surface area contributed by atoms with E-state index in [9.17, 15) is 8.42 Å². The van der Waals surface area contributed by atoms with E-state index in [0.29, 0.717) is 13.1 Å². The molecule has 0 saturated heterocycles. The molecule has 0 bridgehead atoms. The van der Waals surface area contributed by atoms with Crippen LogP contribution in [-0.4, -0.2) is 30.3 Å². The van der Waals surface area contributed by atoms with Gasteiger partial charge in [-0.25, -0.2) is 18.5 Å². The average Bonchev–Trinajstić information content (AvgIpc) is 2.76. The molecule has 0 aliphatic carbocycles. The van der Waals surface area contributed by atoms with Gasteiger partial charge in [-0.2, -0.15) is 0 Å². The molecule has 3 N–H and O–H groups in total. The van der Waals surface area contributed by atoms with Crippen LogP contribution >= 0.6 is 0 Å². The molecular formula is C13H18N4O2S. The number of para-hydroxylation sites is 1. The Hall–Kier alpha value is -1.70. The fraction of sp³-hybridized carbons (Fsp3) is 0.308. The standard InChI is InChI=1S/C13H18N4O2S/c1-11-16-10-13(9-15-7-8-20(14,18)19)17(11)12-5-3-2-4-6-12/h2-6,10,15H,7-9H2,1H3,(H2,14,18,19). The number of benzene rings is 1. The van der Waals surface area contributed by atoms with Gasteiger partial charge in [-0.15, -0.1) is 0 Å². The normalized spacial score (nSPS) is 11.7. The summed E-state index contributed by atoms with van der Waals surface area (Å²) in [7, 11) is -3.42. The van der Waals surface area contributed by atoms with Crippen LogP contribution in [0.4, 0.5) is 0 Å². The molecule has 1 aromatic heterocycles. The number of hydrogen-bond donors (Lipinski definition) is 2. The third-order valence-electron chi connectivity index (χ3n) is 2.90. The van der Waals surface area contributed by atoms with E-state index in [1.165, 1.54) is 0 Å².